The predicted molar refractivity (Wildman–Crippen MR) is 64.7 cm³/mol. The SMILES string of the molecule is CC(C)C(C)(C(=O)OC(F)C(F)(F)C(F)(F)C(F)(F)F)C(C)C. The predicted octanol–water partition coefficient (Wildman–Crippen LogP) is 4.98. The lowest BCUT2D eigenvalue weighted by atomic mass is 9.70. The summed E-state index contributed by atoms with van der Waals surface area (Å²) in [5.74, 6) is -15.7. The van der Waals surface area contributed by atoms with E-state index in [2.05, 4.69) is 4.74 Å². The second kappa shape index (κ2) is 6.43. The Labute approximate surface area is 128 Å². The van der Waals surface area contributed by atoms with E-state index in [1.807, 2.05) is 0 Å². The Morgan fingerprint density at radius 3 is 1.48 bits per heavy atom. The van der Waals surface area contributed by atoms with Gasteiger partial charge in [0.15, 0.2) is 0 Å². The summed E-state index contributed by atoms with van der Waals surface area (Å²) < 4.78 is 105. The summed E-state index contributed by atoms with van der Waals surface area (Å²) in [5.41, 5.74) is -1.55. The van der Waals surface area contributed by atoms with E-state index in [1.165, 1.54) is 34.6 Å². The Balaban J connectivity index is 5.50. The van der Waals surface area contributed by atoms with Crippen LogP contribution in [0.25, 0.3) is 0 Å². The zero-order valence-electron chi connectivity index (χ0n) is 13.1. The molecular weight excluding hydrogens is 340 g/mol. The van der Waals surface area contributed by atoms with E-state index in [-0.39, 0.29) is 0 Å². The van der Waals surface area contributed by atoms with Gasteiger partial charge in [-0.25, -0.2) is 0 Å². The molecule has 0 N–H and O–H groups in total. The lowest BCUT2D eigenvalue weighted by Crippen LogP contribution is -2.58. The highest BCUT2D eigenvalue weighted by Gasteiger charge is 2.77. The first-order valence-corrected chi connectivity index (χ1v) is 6.61. The molecule has 23 heavy (non-hydrogen) atoms. The molecule has 0 aliphatic rings. The third-order valence-electron chi connectivity index (χ3n) is 4.11. The van der Waals surface area contributed by atoms with Crippen molar-refractivity contribution in [3.05, 3.63) is 0 Å². The molecule has 0 heterocycles. The molecule has 0 spiro atoms. The van der Waals surface area contributed by atoms with Crippen molar-refractivity contribution in [3.63, 3.8) is 0 Å². The van der Waals surface area contributed by atoms with Crippen molar-refractivity contribution in [2.45, 2.75) is 59.0 Å². The van der Waals surface area contributed by atoms with Crippen LogP contribution in [-0.2, 0) is 9.53 Å². The minimum absolute atomic E-state index is 0.570. The van der Waals surface area contributed by atoms with Crippen molar-refractivity contribution in [1.29, 1.82) is 0 Å². The Hall–Kier alpha value is -1.09. The number of carbonyl (C=O) groups is 1. The highest BCUT2D eigenvalue weighted by Crippen LogP contribution is 2.49. The van der Waals surface area contributed by atoms with Gasteiger partial charge in [-0.2, -0.15) is 35.1 Å². The van der Waals surface area contributed by atoms with Crippen molar-refractivity contribution < 1.29 is 44.7 Å². The Morgan fingerprint density at radius 1 is 0.870 bits per heavy atom. The first kappa shape index (κ1) is 21.9. The fraction of sp³-hybridized carbons (Fsp3) is 0.923. The van der Waals surface area contributed by atoms with Crippen molar-refractivity contribution >= 4 is 5.97 Å². The molecule has 0 radical (unpaired) electrons. The fourth-order valence-corrected chi connectivity index (χ4v) is 1.76. The number of alkyl halides is 8. The third-order valence-corrected chi connectivity index (χ3v) is 4.11. The largest absolute Gasteiger partial charge is 0.460 e. The summed E-state index contributed by atoms with van der Waals surface area (Å²) in [6.07, 6.45) is -11.1. The summed E-state index contributed by atoms with van der Waals surface area (Å²) in [5, 5.41) is 0. The summed E-state index contributed by atoms with van der Waals surface area (Å²) >= 11 is 0. The van der Waals surface area contributed by atoms with Crippen LogP contribution in [0.2, 0.25) is 0 Å². The smallest absolute Gasteiger partial charge is 0.424 e. The first-order chi connectivity index (χ1) is 9.94. The van der Waals surface area contributed by atoms with Crippen molar-refractivity contribution in [1.82, 2.24) is 0 Å². The summed E-state index contributed by atoms with van der Waals surface area (Å²) in [4.78, 5) is 11.9. The molecule has 0 fully saturated rings. The molecule has 0 saturated heterocycles. The van der Waals surface area contributed by atoms with E-state index in [1.54, 1.807) is 0 Å². The van der Waals surface area contributed by atoms with Gasteiger partial charge in [-0.1, -0.05) is 27.7 Å². The van der Waals surface area contributed by atoms with Gasteiger partial charge in [-0.3, -0.25) is 4.79 Å². The molecule has 1 atom stereocenters. The van der Waals surface area contributed by atoms with Crippen LogP contribution in [0, 0.1) is 17.3 Å². The maximum Gasteiger partial charge on any atom is 0.460 e. The minimum atomic E-state index is -6.70. The second-order valence-corrected chi connectivity index (χ2v) is 6.01. The number of hydrogen-bond donors (Lipinski definition) is 0. The van der Waals surface area contributed by atoms with E-state index < -0.39 is 47.6 Å². The molecule has 10 heteroatoms. The van der Waals surface area contributed by atoms with Crippen LogP contribution in [0.3, 0.4) is 0 Å². The molecule has 0 rings (SSSR count). The molecular formula is C13H18F8O2. The van der Waals surface area contributed by atoms with Crippen LogP contribution >= 0.6 is 0 Å². The zero-order chi connectivity index (χ0) is 19.0. The Morgan fingerprint density at radius 2 is 1.22 bits per heavy atom. The van der Waals surface area contributed by atoms with Gasteiger partial charge < -0.3 is 4.74 Å². The van der Waals surface area contributed by atoms with Gasteiger partial charge in [0, 0.05) is 0 Å². The fourth-order valence-electron chi connectivity index (χ4n) is 1.76. The van der Waals surface area contributed by atoms with E-state index in [4.69, 9.17) is 0 Å². The lowest BCUT2D eigenvalue weighted by Gasteiger charge is -2.37. The summed E-state index contributed by atoms with van der Waals surface area (Å²) in [7, 11) is 0. The van der Waals surface area contributed by atoms with E-state index in [0.717, 1.165) is 0 Å². The van der Waals surface area contributed by atoms with Gasteiger partial charge in [-0.15, -0.1) is 0 Å². The summed E-state index contributed by atoms with van der Waals surface area (Å²) in [6.45, 7) is 7.10. The molecule has 0 bridgehead atoms. The van der Waals surface area contributed by atoms with Crippen molar-refractivity contribution in [3.8, 4) is 0 Å². The number of esters is 1. The summed E-state index contributed by atoms with van der Waals surface area (Å²) in [6, 6.07) is 0. The maximum atomic E-state index is 13.3. The average molecular weight is 358 g/mol. The number of halogens is 8. The number of carbonyl (C=O) groups excluding carboxylic acids is 1. The van der Waals surface area contributed by atoms with Gasteiger partial charge in [0.05, 0.1) is 5.41 Å². The minimum Gasteiger partial charge on any atom is -0.424 e. The zero-order valence-corrected chi connectivity index (χ0v) is 13.1. The number of ether oxygens (including phenoxy) is 1. The first-order valence-electron chi connectivity index (χ1n) is 6.61. The molecule has 0 aliphatic carbocycles. The van der Waals surface area contributed by atoms with Gasteiger partial charge in [-0.05, 0) is 18.8 Å². The Bertz CT molecular complexity index is 420. The molecule has 0 amide bonds. The molecule has 0 saturated carbocycles. The third kappa shape index (κ3) is 3.71. The Kier molecular flexibility index (Phi) is 6.12. The molecule has 0 aromatic heterocycles. The van der Waals surface area contributed by atoms with E-state index in [9.17, 15) is 39.9 Å². The van der Waals surface area contributed by atoms with Crippen LogP contribution in [0.4, 0.5) is 35.1 Å². The second-order valence-electron chi connectivity index (χ2n) is 6.01. The van der Waals surface area contributed by atoms with E-state index in [0.29, 0.717) is 0 Å². The maximum absolute atomic E-state index is 13.3. The van der Waals surface area contributed by atoms with Crippen LogP contribution in [0.15, 0.2) is 0 Å². The lowest BCUT2D eigenvalue weighted by molar-refractivity contribution is -0.383. The number of hydrogen-bond acceptors (Lipinski definition) is 2. The topological polar surface area (TPSA) is 26.3 Å². The molecule has 0 aliphatic heterocycles. The monoisotopic (exact) mass is 358 g/mol. The molecule has 138 valence electrons. The highest BCUT2D eigenvalue weighted by atomic mass is 19.4. The van der Waals surface area contributed by atoms with Gasteiger partial charge in [0.25, 0.3) is 0 Å². The van der Waals surface area contributed by atoms with Crippen LogP contribution in [0.5, 0.6) is 0 Å². The van der Waals surface area contributed by atoms with Crippen LogP contribution < -0.4 is 0 Å². The van der Waals surface area contributed by atoms with Crippen molar-refractivity contribution in [2.75, 3.05) is 0 Å². The highest BCUT2D eigenvalue weighted by molar-refractivity contribution is 5.77. The van der Waals surface area contributed by atoms with E-state index >= 15 is 0 Å². The van der Waals surface area contributed by atoms with Crippen LogP contribution in [-0.4, -0.2) is 30.3 Å². The molecule has 1 unspecified atom stereocenters. The standard InChI is InChI=1S/C13H18F8O2/c1-6(2)10(5,7(3)4)9(22)23-8(14)11(15,16)12(17,18)13(19,20)21/h6-8H,1-5H3. The van der Waals surface area contributed by atoms with Crippen molar-refractivity contribution in [2.24, 2.45) is 17.3 Å². The normalized spacial score (nSPS) is 16.0. The van der Waals surface area contributed by atoms with Gasteiger partial charge in [0.1, 0.15) is 0 Å². The quantitative estimate of drug-likeness (QED) is 0.495. The number of rotatable bonds is 6. The molecule has 2 nitrogen and oxygen atoms in total. The molecule has 0 aromatic carbocycles. The molecule has 0 aromatic rings. The van der Waals surface area contributed by atoms with Crippen LogP contribution in [0.1, 0.15) is 34.6 Å². The average Bonchev–Trinajstić information content (AvgIpc) is 2.34. The van der Waals surface area contributed by atoms with Gasteiger partial charge >= 0.3 is 30.3 Å². The van der Waals surface area contributed by atoms with Gasteiger partial charge in [0.2, 0.25) is 0 Å².